The van der Waals surface area contributed by atoms with Crippen LogP contribution < -0.4 is 0 Å². The van der Waals surface area contributed by atoms with Crippen molar-refractivity contribution in [2.45, 2.75) is 150 Å². The molecule has 1 aromatic rings. The van der Waals surface area contributed by atoms with Crippen LogP contribution in [0.3, 0.4) is 0 Å². The highest BCUT2D eigenvalue weighted by Crippen LogP contribution is 2.60. The minimum atomic E-state index is -5.73. The SMILES string of the molecule is CCCC(CCC)c1cc(C(CCC)CCC)c(SSC(F)(F)C(F)(F)C(F)(F)SO)c(C2CCCCC2)c1. The van der Waals surface area contributed by atoms with E-state index in [1.165, 1.54) is 5.56 Å². The molecule has 0 aliphatic heterocycles. The minimum Gasteiger partial charge on any atom is -0.325 e. The first-order chi connectivity index (χ1) is 18.4. The number of benzene rings is 1. The lowest BCUT2D eigenvalue weighted by atomic mass is 9.78. The third-order valence-electron chi connectivity index (χ3n) is 7.75. The van der Waals surface area contributed by atoms with Gasteiger partial charge in [-0.2, -0.15) is 26.3 Å². The summed E-state index contributed by atoms with van der Waals surface area (Å²) in [6, 6.07) is 4.22. The Morgan fingerprint density at radius 3 is 1.77 bits per heavy atom. The molecule has 0 unspecified atom stereocenters. The molecule has 1 N–H and O–H groups in total. The molecule has 1 aliphatic carbocycles. The second-order valence-electron chi connectivity index (χ2n) is 10.8. The Morgan fingerprint density at radius 2 is 1.28 bits per heavy atom. The van der Waals surface area contributed by atoms with Crippen LogP contribution >= 0.6 is 33.6 Å². The van der Waals surface area contributed by atoms with Crippen molar-refractivity contribution in [3.63, 3.8) is 0 Å². The van der Waals surface area contributed by atoms with Gasteiger partial charge in [0, 0.05) is 4.90 Å². The van der Waals surface area contributed by atoms with Crippen molar-refractivity contribution in [1.82, 2.24) is 0 Å². The second-order valence-corrected chi connectivity index (χ2v) is 13.7. The van der Waals surface area contributed by atoms with Gasteiger partial charge in [-0.15, -0.1) is 0 Å². The van der Waals surface area contributed by atoms with Gasteiger partial charge in [-0.1, -0.05) is 95.6 Å². The first kappa shape index (κ1) is 35.0. The molecule has 0 heterocycles. The summed E-state index contributed by atoms with van der Waals surface area (Å²) in [5.74, 6) is -5.22. The van der Waals surface area contributed by atoms with E-state index in [0.717, 1.165) is 94.6 Å². The molecule has 1 nitrogen and oxygen atoms in total. The fraction of sp³-hybridized carbons (Fsp3) is 0.793. The van der Waals surface area contributed by atoms with Gasteiger partial charge < -0.3 is 4.55 Å². The molecule has 0 saturated heterocycles. The lowest BCUT2D eigenvalue weighted by Gasteiger charge is -2.32. The molecular weight excluding hydrogens is 575 g/mol. The first-order valence-electron chi connectivity index (χ1n) is 14.4. The maximum absolute atomic E-state index is 14.8. The van der Waals surface area contributed by atoms with E-state index in [4.69, 9.17) is 4.55 Å². The molecule has 0 amide bonds. The van der Waals surface area contributed by atoms with E-state index in [-0.39, 0.29) is 11.8 Å². The molecular formula is C29H44F6OS3. The zero-order valence-electron chi connectivity index (χ0n) is 23.5. The van der Waals surface area contributed by atoms with Gasteiger partial charge in [0.2, 0.25) is 0 Å². The fourth-order valence-corrected chi connectivity index (χ4v) is 8.58. The molecule has 1 saturated carbocycles. The topological polar surface area (TPSA) is 20.2 Å². The summed E-state index contributed by atoms with van der Waals surface area (Å²) in [6.07, 6.45) is 12.4. The Labute approximate surface area is 243 Å². The Kier molecular flexibility index (Phi) is 14.2. The van der Waals surface area contributed by atoms with Crippen LogP contribution in [0.15, 0.2) is 17.0 Å². The van der Waals surface area contributed by atoms with Crippen molar-refractivity contribution in [1.29, 1.82) is 0 Å². The van der Waals surface area contributed by atoms with Crippen molar-refractivity contribution in [2.75, 3.05) is 0 Å². The van der Waals surface area contributed by atoms with Gasteiger partial charge in [0.05, 0.1) is 12.0 Å². The molecule has 0 aromatic heterocycles. The van der Waals surface area contributed by atoms with Crippen molar-refractivity contribution in [2.24, 2.45) is 0 Å². The van der Waals surface area contributed by atoms with Gasteiger partial charge in [0.15, 0.2) is 0 Å². The zero-order valence-corrected chi connectivity index (χ0v) is 26.0. The molecule has 0 spiro atoms. The molecule has 1 fully saturated rings. The van der Waals surface area contributed by atoms with Gasteiger partial charge in [0.1, 0.15) is 0 Å². The average Bonchev–Trinajstić information content (AvgIpc) is 2.91. The number of hydrogen-bond acceptors (Lipinski definition) is 4. The van der Waals surface area contributed by atoms with Crippen molar-refractivity contribution >= 4 is 33.6 Å². The molecule has 0 radical (unpaired) electrons. The summed E-state index contributed by atoms with van der Waals surface area (Å²) in [5.41, 5.74) is 2.99. The minimum absolute atomic E-state index is 0.0675. The Bertz CT molecular complexity index is 865. The van der Waals surface area contributed by atoms with Gasteiger partial charge in [-0.3, -0.25) is 0 Å². The van der Waals surface area contributed by atoms with Gasteiger partial charge in [-0.25, -0.2) is 0 Å². The molecule has 0 bridgehead atoms. The predicted octanol–water partition coefficient (Wildman–Crippen LogP) is 12.9. The molecule has 10 heteroatoms. The lowest BCUT2D eigenvalue weighted by molar-refractivity contribution is -0.238. The predicted molar refractivity (Wildman–Crippen MR) is 156 cm³/mol. The fourth-order valence-electron chi connectivity index (χ4n) is 5.75. The van der Waals surface area contributed by atoms with Crippen LogP contribution in [0.1, 0.15) is 146 Å². The van der Waals surface area contributed by atoms with E-state index in [9.17, 15) is 26.3 Å². The Morgan fingerprint density at radius 1 is 0.769 bits per heavy atom. The summed E-state index contributed by atoms with van der Waals surface area (Å²) >= 11 is -1.54. The molecule has 2 rings (SSSR count). The van der Waals surface area contributed by atoms with Crippen LogP contribution in [0, 0.1) is 0 Å². The van der Waals surface area contributed by atoms with Crippen molar-refractivity contribution < 1.29 is 30.9 Å². The summed E-state index contributed by atoms with van der Waals surface area (Å²) in [4.78, 5) is 0.546. The molecule has 1 aromatic carbocycles. The first-order valence-corrected chi connectivity index (χ1v) is 17.3. The van der Waals surface area contributed by atoms with Crippen LogP contribution in [-0.4, -0.2) is 21.0 Å². The maximum Gasteiger partial charge on any atom is 0.394 e. The summed E-state index contributed by atoms with van der Waals surface area (Å²) < 4.78 is 94.1. The quantitative estimate of drug-likeness (QED) is 0.106. The van der Waals surface area contributed by atoms with E-state index in [0.29, 0.717) is 21.6 Å². The maximum atomic E-state index is 14.8. The highest BCUT2D eigenvalue weighted by Gasteiger charge is 2.73. The smallest absolute Gasteiger partial charge is 0.325 e. The lowest BCUT2D eigenvalue weighted by Crippen LogP contribution is -2.50. The standard InChI is InChI=1S/C29H44F6OS3/c1-5-12-20(13-6-2)23-18-24(21(14-7-3)15-8-4)26(25(19-23)22-16-10-9-11-17-22)37-39-29(34,35)27(30,31)28(32,33)38-36/h18-22,36H,5-17H2,1-4H3. The molecule has 39 heavy (non-hydrogen) atoms. The van der Waals surface area contributed by atoms with E-state index < -0.39 is 39.3 Å². The van der Waals surface area contributed by atoms with Crippen LogP contribution in [0.2, 0.25) is 0 Å². The summed E-state index contributed by atoms with van der Waals surface area (Å²) in [6.45, 7) is 8.42. The number of rotatable bonds is 17. The number of halogens is 6. The number of alkyl halides is 6. The summed E-state index contributed by atoms with van der Waals surface area (Å²) in [5, 5.41) is -10.4. The van der Waals surface area contributed by atoms with Crippen LogP contribution in [0.4, 0.5) is 26.3 Å². The van der Waals surface area contributed by atoms with E-state index >= 15 is 0 Å². The summed E-state index contributed by atoms with van der Waals surface area (Å²) in [7, 11) is 0.00793. The second kappa shape index (κ2) is 15.9. The van der Waals surface area contributed by atoms with Crippen LogP contribution in [-0.2, 0) is 0 Å². The van der Waals surface area contributed by atoms with E-state index in [1.807, 2.05) is 0 Å². The van der Waals surface area contributed by atoms with Crippen molar-refractivity contribution in [3.05, 3.63) is 28.8 Å². The van der Waals surface area contributed by atoms with E-state index in [1.54, 1.807) is 0 Å². The largest absolute Gasteiger partial charge is 0.394 e. The molecule has 1 aliphatic rings. The van der Waals surface area contributed by atoms with Crippen LogP contribution in [0.5, 0.6) is 0 Å². The van der Waals surface area contributed by atoms with E-state index in [2.05, 4.69) is 39.8 Å². The molecule has 226 valence electrons. The Balaban J connectivity index is 2.70. The Hall–Kier alpha value is -0.190. The van der Waals surface area contributed by atoms with Crippen molar-refractivity contribution in [3.8, 4) is 0 Å². The van der Waals surface area contributed by atoms with Crippen LogP contribution in [0.25, 0.3) is 0 Å². The monoisotopic (exact) mass is 618 g/mol. The average molecular weight is 619 g/mol. The highest BCUT2D eigenvalue weighted by atomic mass is 33.1. The third kappa shape index (κ3) is 8.66. The zero-order chi connectivity index (χ0) is 29.3. The van der Waals surface area contributed by atoms with Gasteiger partial charge >= 0.3 is 16.4 Å². The normalized spacial score (nSPS) is 16.0. The highest BCUT2D eigenvalue weighted by molar-refractivity contribution is 8.77. The third-order valence-corrected chi connectivity index (χ3v) is 10.8. The van der Waals surface area contributed by atoms with Gasteiger partial charge in [-0.05, 0) is 83.8 Å². The number of hydrogen-bond donors (Lipinski definition) is 1. The van der Waals surface area contributed by atoms with Gasteiger partial charge in [0.25, 0.3) is 0 Å². The molecule has 0 atom stereocenters.